The van der Waals surface area contributed by atoms with E-state index in [1.165, 1.54) is 0 Å². The van der Waals surface area contributed by atoms with Crippen molar-refractivity contribution in [1.82, 2.24) is 10.4 Å². The van der Waals surface area contributed by atoms with E-state index in [1.54, 1.807) is 12.3 Å². The summed E-state index contributed by atoms with van der Waals surface area (Å²) in [4.78, 5) is 4.13. The van der Waals surface area contributed by atoms with Crippen LogP contribution in [0.5, 0.6) is 0 Å². The van der Waals surface area contributed by atoms with Crippen LogP contribution >= 0.6 is 0 Å². The molecule has 3 nitrogen and oxygen atoms in total. The Balaban J connectivity index is 2.74. The summed E-state index contributed by atoms with van der Waals surface area (Å²) in [7, 11) is 0. The van der Waals surface area contributed by atoms with Crippen LogP contribution in [0.1, 0.15) is 11.3 Å². The van der Waals surface area contributed by atoms with Gasteiger partial charge in [-0.1, -0.05) is 18.7 Å². The lowest BCUT2D eigenvalue weighted by atomic mass is 10.2. The van der Waals surface area contributed by atoms with Gasteiger partial charge in [0.15, 0.2) is 0 Å². The van der Waals surface area contributed by atoms with Gasteiger partial charge in [-0.05, 0) is 11.6 Å². The summed E-state index contributed by atoms with van der Waals surface area (Å²) in [6, 6.07) is 3.86. The van der Waals surface area contributed by atoms with Crippen LogP contribution in [0, 0.1) is 0 Å². The first-order chi connectivity index (χ1) is 5.36. The van der Waals surface area contributed by atoms with Gasteiger partial charge in [0.05, 0.1) is 12.2 Å². The minimum atomic E-state index is 0.595. The third kappa shape index (κ3) is 2.14. The molecule has 0 atom stereocenters. The molecule has 0 fully saturated rings. The monoisotopic (exact) mass is 149 g/mol. The van der Waals surface area contributed by atoms with Crippen molar-refractivity contribution in [2.45, 2.75) is 6.54 Å². The molecule has 1 rings (SSSR count). The van der Waals surface area contributed by atoms with E-state index >= 15 is 0 Å². The van der Waals surface area contributed by atoms with Crippen LogP contribution in [0.15, 0.2) is 24.9 Å². The summed E-state index contributed by atoms with van der Waals surface area (Å²) < 4.78 is 0. The van der Waals surface area contributed by atoms with Crippen LogP contribution in [0.2, 0.25) is 0 Å². The van der Waals surface area contributed by atoms with Crippen LogP contribution in [0.25, 0.3) is 6.08 Å². The predicted molar refractivity (Wildman–Crippen MR) is 45.4 cm³/mol. The number of rotatable bonds is 3. The molecule has 58 valence electrons. The molecular formula is C8H11N3. The van der Waals surface area contributed by atoms with Crippen molar-refractivity contribution >= 4 is 6.08 Å². The molecule has 0 aliphatic heterocycles. The van der Waals surface area contributed by atoms with Crippen LogP contribution in [-0.4, -0.2) is 4.98 Å². The average molecular weight is 149 g/mol. The van der Waals surface area contributed by atoms with Gasteiger partial charge in [0.1, 0.15) is 0 Å². The fourth-order valence-corrected chi connectivity index (χ4v) is 0.766. The second kappa shape index (κ2) is 3.85. The maximum absolute atomic E-state index is 5.12. The summed E-state index contributed by atoms with van der Waals surface area (Å²) in [5.74, 6) is 5.12. The Bertz CT molecular complexity index is 228. The molecule has 0 saturated heterocycles. The number of nitrogens with one attached hydrogen (secondary N) is 1. The highest BCUT2D eigenvalue weighted by atomic mass is 15.2. The first-order valence-electron chi connectivity index (χ1n) is 3.37. The lowest BCUT2D eigenvalue weighted by Gasteiger charge is -1.98. The van der Waals surface area contributed by atoms with E-state index in [2.05, 4.69) is 17.0 Å². The molecular weight excluding hydrogens is 138 g/mol. The zero-order chi connectivity index (χ0) is 8.10. The van der Waals surface area contributed by atoms with Gasteiger partial charge in [-0.15, -0.1) is 0 Å². The van der Waals surface area contributed by atoms with Crippen molar-refractivity contribution in [3.8, 4) is 0 Å². The molecule has 3 N–H and O–H groups in total. The quantitative estimate of drug-likeness (QED) is 0.491. The zero-order valence-electron chi connectivity index (χ0n) is 6.25. The van der Waals surface area contributed by atoms with E-state index in [0.717, 1.165) is 11.3 Å². The average Bonchev–Trinajstić information content (AvgIpc) is 2.07. The van der Waals surface area contributed by atoms with Gasteiger partial charge in [0.2, 0.25) is 0 Å². The fraction of sp³-hybridized carbons (Fsp3) is 0.125. The second-order valence-electron chi connectivity index (χ2n) is 2.17. The van der Waals surface area contributed by atoms with Crippen LogP contribution in [0.4, 0.5) is 0 Å². The first-order valence-corrected chi connectivity index (χ1v) is 3.37. The molecule has 0 aromatic carbocycles. The van der Waals surface area contributed by atoms with Crippen LogP contribution in [0.3, 0.4) is 0 Å². The van der Waals surface area contributed by atoms with Gasteiger partial charge >= 0.3 is 0 Å². The lowest BCUT2D eigenvalue weighted by molar-refractivity contribution is 0.723. The Hall–Kier alpha value is -1.19. The van der Waals surface area contributed by atoms with Gasteiger partial charge in [0, 0.05) is 6.20 Å². The van der Waals surface area contributed by atoms with Gasteiger partial charge < -0.3 is 0 Å². The number of aromatic nitrogens is 1. The molecule has 0 spiro atoms. The molecule has 0 bridgehead atoms. The fourth-order valence-electron chi connectivity index (χ4n) is 0.766. The summed E-state index contributed by atoms with van der Waals surface area (Å²) in [6.07, 6.45) is 3.52. The molecule has 0 aliphatic rings. The summed E-state index contributed by atoms with van der Waals surface area (Å²) in [6.45, 7) is 4.22. The Morgan fingerprint density at radius 2 is 2.45 bits per heavy atom. The molecule has 11 heavy (non-hydrogen) atoms. The van der Waals surface area contributed by atoms with Crippen molar-refractivity contribution in [2.24, 2.45) is 5.84 Å². The van der Waals surface area contributed by atoms with E-state index < -0.39 is 0 Å². The Kier molecular flexibility index (Phi) is 2.77. The third-order valence-corrected chi connectivity index (χ3v) is 1.37. The van der Waals surface area contributed by atoms with Gasteiger partial charge in [0.25, 0.3) is 0 Å². The first kappa shape index (κ1) is 7.91. The Morgan fingerprint density at radius 1 is 1.64 bits per heavy atom. The normalized spacial score (nSPS) is 9.55. The number of nitrogens with zero attached hydrogens (tertiary/aromatic N) is 1. The molecule has 0 saturated carbocycles. The maximum Gasteiger partial charge on any atom is 0.0556 e. The van der Waals surface area contributed by atoms with Gasteiger partial charge in [-0.25, -0.2) is 0 Å². The largest absolute Gasteiger partial charge is 0.271 e. The highest BCUT2D eigenvalue weighted by molar-refractivity contribution is 5.44. The standard InChI is InChI=1S/C8H11N3/c1-2-7-3-4-8(6-11-9)10-5-7/h2-5,11H,1,6,9H2. The summed E-state index contributed by atoms with van der Waals surface area (Å²) in [5.41, 5.74) is 4.48. The van der Waals surface area contributed by atoms with Crippen molar-refractivity contribution in [2.75, 3.05) is 0 Å². The van der Waals surface area contributed by atoms with Crippen LogP contribution < -0.4 is 11.3 Å². The van der Waals surface area contributed by atoms with E-state index in [9.17, 15) is 0 Å². The van der Waals surface area contributed by atoms with Gasteiger partial charge in [-0.2, -0.15) is 0 Å². The molecule has 1 heterocycles. The minimum Gasteiger partial charge on any atom is -0.271 e. The number of hydrazine groups is 1. The molecule has 0 radical (unpaired) electrons. The summed E-state index contributed by atoms with van der Waals surface area (Å²) >= 11 is 0. The number of hydrogen-bond donors (Lipinski definition) is 2. The smallest absolute Gasteiger partial charge is 0.0556 e. The topological polar surface area (TPSA) is 50.9 Å². The number of pyridine rings is 1. The van der Waals surface area contributed by atoms with E-state index in [0.29, 0.717) is 6.54 Å². The molecule has 3 heteroatoms. The SMILES string of the molecule is C=Cc1ccc(CNN)nc1. The van der Waals surface area contributed by atoms with Crippen molar-refractivity contribution in [3.05, 3.63) is 36.2 Å². The Morgan fingerprint density at radius 3 is 2.91 bits per heavy atom. The van der Waals surface area contributed by atoms with Crippen molar-refractivity contribution < 1.29 is 0 Å². The highest BCUT2D eigenvalue weighted by Crippen LogP contribution is 2.00. The Labute approximate surface area is 65.9 Å². The third-order valence-electron chi connectivity index (χ3n) is 1.37. The number of nitrogens with two attached hydrogens (primary N) is 1. The van der Waals surface area contributed by atoms with E-state index in [1.807, 2.05) is 12.1 Å². The highest BCUT2D eigenvalue weighted by Gasteiger charge is 1.90. The number of hydrogen-bond acceptors (Lipinski definition) is 3. The van der Waals surface area contributed by atoms with E-state index in [4.69, 9.17) is 5.84 Å². The second-order valence-corrected chi connectivity index (χ2v) is 2.17. The molecule has 1 aromatic heterocycles. The zero-order valence-corrected chi connectivity index (χ0v) is 6.25. The van der Waals surface area contributed by atoms with Crippen LogP contribution in [-0.2, 0) is 6.54 Å². The predicted octanol–water partition coefficient (Wildman–Crippen LogP) is 0.688. The van der Waals surface area contributed by atoms with Gasteiger partial charge in [-0.3, -0.25) is 16.3 Å². The lowest BCUT2D eigenvalue weighted by Crippen LogP contribution is -2.21. The van der Waals surface area contributed by atoms with E-state index in [-0.39, 0.29) is 0 Å². The molecule has 1 aromatic rings. The molecule has 0 unspecified atom stereocenters. The maximum atomic E-state index is 5.12. The van der Waals surface area contributed by atoms with Crippen molar-refractivity contribution in [1.29, 1.82) is 0 Å². The summed E-state index contributed by atoms with van der Waals surface area (Å²) in [5, 5.41) is 0. The minimum absolute atomic E-state index is 0.595. The molecule has 0 amide bonds. The van der Waals surface area contributed by atoms with Crippen molar-refractivity contribution in [3.63, 3.8) is 0 Å². The molecule has 0 aliphatic carbocycles.